The molecule has 0 aliphatic rings. The Balaban J connectivity index is 2.08. The zero-order valence-corrected chi connectivity index (χ0v) is 11.2. The third kappa shape index (κ3) is 3.14. The third-order valence-electron chi connectivity index (χ3n) is 2.28. The summed E-state index contributed by atoms with van der Waals surface area (Å²) in [6.45, 7) is 4.17. The molecule has 0 fully saturated rings. The van der Waals surface area contributed by atoms with Crippen LogP contribution in [0.3, 0.4) is 0 Å². The molecular formula is C11H13ClN4S. The molecule has 0 radical (unpaired) electrons. The Morgan fingerprint density at radius 1 is 1.47 bits per heavy atom. The summed E-state index contributed by atoms with van der Waals surface area (Å²) in [5.41, 5.74) is 0. The molecule has 90 valence electrons. The van der Waals surface area contributed by atoms with Gasteiger partial charge in [0.25, 0.3) is 0 Å². The average Bonchev–Trinajstić information content (AvgIpc) is 2.77. The van der Waals surface area contributed by atoms with E-state index in [1.54, 1.807) is 23.6 Å². The molecule has 0 saturated carbocycles. The Hall–Kier alpha value is -1.20. The van der Waals surface area contributed by atoms with Gasteiger partial charge < -0.3 is 5.32 Å². The first-order valence-electron chi connectivity index (χ1n) is 5.38. The second kappa shape index (κ2) is 5.42. The summed E-state index contributed by atoms with van der Waals surface area (Å²) < 4.78 is 0. The third-order valence-corrected chi connectivity index (χ3v) is 3.79. The highest BCUT2D eigenvalue weighted by atomic mass is 35.5. The number of aryl methyl sites for hydroxylation is 1. The first-order valence-corrected chi connectivity index (χ1v) is 6.58. The van der Waals surface area contributed by atoms with Crippen molar-refractivity contribution in [3.8, 4) is 0 Å². The second-order valence-electron chi connectivity index (χ2n) is 3.60. The van der Waals surface area contributed by atoms with Crippen molar-refractivity contribution in [3.05, 3.63) is 33.6 Å². The molecule has 1 unspecified atom stereocenters. The highest BCUT2D eigenvalue weighted by Crippen LogP contribution is 2.23. The van der Waals surface area contributed by atoms with Gasteiger partial charge in [0.15, 0.2) is 0 Å². The predicted octanol–water partition coefficient (Wildman–Crippen LogP) is 3.32. The summed E-state index contributed by atoms with van der Waals surface area (Å²) in [5.74, 6) is 0.714. The quantitative estimate of drug-likeness (QED) is 0.865. The molecule has 0 spiro atoms. The summed E-state index contributed by atoms with van der Waals surface area (Å²) in [6, 6.07) is 1.91. The SMILES string of the molecule is CCc1cnc(C(C)Nc2ccnc(Cl)n2)s1. The first-order chi connectivity index (χ1) is 8.19. The normalized spacial score (nSPS) is 12.4. The van der Waals surface area contributed by atoms with E-state index in [2.05, 4.69) is 27.2 Å². The topological polar surface area (TPSA) is 50.7 Å². The Bertz CT molecular complexity index is 500. The molecule has 0 bridgehead atoms. The predicted molar refractivity (Wildman–Crippen MR) is 70.6 cm³/mol. The average molecular weight is 269 g/mol. The largest absolute Gasteiger partial charge is 0.361 e. The number of nitrogens with one attached hydrogen (secondary N) is 1. The number of anilines is 1. The number of nitrogens with zero attached hydrogens (tertiary/aromatic N) is 3. The summed E-state index contributed by atoms with van der Waals surface area (Å²) in [6.07, 6.45) is 4.57. The lowest BCUT2D eigenvalue weighted by Gasteiger charge is -2.11. The maximum Gasteiger partial charge on any atom is 0.224 e. The summed E-state index contributed by atoms with van der Waals surface area (Å²) in [5, 5.41) is 4.55. The fourth-order valence-corrected chi connectivity index (χ4v) is 2.39. The number of aromatic nitrogens is 3. The molecule has 0 aliphatic heterocycles. The van der Waals surface area contributed by atoms with E-state index >= 15 is 0 Å². The van der Waals surface area contributed by atoms with Crippen LogP contribution >= 0.6 is 22.9 Å². The lowest BCUT2D eigenvalue weighted by Crippen LogP contribution is -2.07. The maximum atomic E-state index is 5.73. The first kappa shape index (κ1) is 12.3. The van der Waals surface area contributed by atoms with E-state index in [-0.39, 0.29) is 11.3 Å². The van der Waals surface area contributed by atoms with Crippen LogP contribution in [0.2, 0.25) is 5.28 Å². The molecule has 2 rings (SSSR count). The molecule has 17 heavy (non-hydrogen) atoms. The van der Waals surface area contributed by atoms with Crippen molar-refractivity contribution in [3.63, 3.8) is 0 Å². The number of hydrogen-bond donors (Lipinski definition) is 1. The lowest BCUT2D eigenvalue weighted by atomic mass is 10.3. The molecule has 1 atom stereocenters. The van der Waals surface area contributed by atoms with E-state index in [0.717, 1.165) is 11.4 Å². The molecule has 0 saturated heterocycles. The number of hydrogen-bond acceptors (Lipinski definition) is 5. The minimum absolute atomic E-state index is 0.117. The van der Waals surface area contributed by atoms with Crippen molar-refractivity contribution < 1.29 is 0 Å². The Kier molecular flexibility index (Phi) is 3.91. The zero-order chi connectivity index (χ0) is 12.3. The number of halogens is 1. The fourth-order valence-electron chi connectivity index (χ4n) is 1.39. The van der Waals surface area contributed by atoms with E-state index in [1.165, 1.54) is 4.88 Å². The van der Waals surface area contributed by atoms with Crippen LogP contribution < -0.4 is 5.32 Å². The van der Waals surface area contributed by atoms with Crippen LogP contribution in [0.15, 0.2) is 18.5 Å². The van der Waals surface area contributed by atoms with Gasteiger partial charge in [-0.25, -0.2) is 15.0 Å². The second-order valence-corrected chi connectivity index (χ2v) is 5.08. The van der Waals surface area contributed by atoms with Crippen LogP contribution in [0.1, 0.15) is 29.8 Å². The van der Waals surface area contributed by atoms with Crippen molar-refractivity contribution in [2.75, 3.05) is 5.32 Å². The molecule has 4 nitrogen and oxygen atoms in total. The van der Waals surface area contributed by atoms with Crippen LogP contribution in [-0.4, -0.2) is 15.0 Å². The lowest BCUT2D eigenvalue weighted by molar-refractivity contribution is 0.858. The monoisotopic (exact) mass is 268 g/mol. The Morgan fingerprint density at radius 3 is 2.94 bits per heavy atom. The summed E-state index contributed by atoms with van der Waals surface area (Å²) in [7, 11) is 0. The minimum Gasteiger partial charge on any atom is -0.361 e. The van der Waals surface area contributed by atoms with Crippen molar-refractivity contribution in [1.82, 2.24) is 15.0 Å². The van der Waals surface area contributed by atoms with Crippen LogP contribution in [0, 0.1) is 0 Å². The number of rotatable bonds is 4. The zero-order valence-electron chi connectivity index (χ0n) is 9.64. The smallest absolute Gasteiger partial charge is 0.224 e. The molecule has 2 heterocycles. The molecule has 6 heteroatoms. The Morgan fingerprint density at radius 2 is 2.29 bits per heavy atom. The molecule has 2 aromatic rings. The number of thiazole rings is 1. The van der Waals surface area contributed by atoms with Gasteiger partial charge in [-0.05, 0) is 31.0 Å². The van der Waals surface area contributed by atoms with Gasteiger partial charge in [-0.2, -0.15) is 0 Å². The standard InChI is InChI=1S/C11H13ClN4S/c1-3-8-6-14-10(17-8)7(2)15-9-4-5-13-11(12)16-9/h4-7H,3H2,1-2H3,(H,13,15,16). The van der Waals surface area contributed by atoms with Crippen LogP contribution in [0.25, 0.3) is 0 Å². The van der Waals surface area contributed by atoms with Gasteiger partial charge in [-0.1, -0.05) is 6.92 Å². The van der Waals surface area contributed by atoms with E-state index in [1.807, 2.05) is 13.1 Å². The summed E-state index contributed by atoms with van der Waals surface area (Å²) >= 11 is 7.44. The highest BCUT2D eigenvalue weighted by molar-refractivity contribution is 7.11. The molecule has 0 aromatic carbocycles. The van der Waals surface area contributed by atoms with Crippen LogP contribution in [0.5, 0.6) is 0 Å². The van der Waals surface area contributed by atoms with E-state index < -0.39 is 0 Å². The molecular weight excluding hydrogens is 256 g/mol. The van der Waals surface area contributed by atoms with Gasteiger partial charge in [0.2, 0.25) is 5.28 Å². The molecule has 2 aromatic heterocycles. The molecule has 1 N–H and O–H groups in total. The van der Waals surface area contributed by atoms with Crippen molar-refractivity contribution >= 4 is 28.8 Å². The van der Waals surface area contributed by atoms with Gasteiger partial charge >= 0.3 is 0 Å². The molecule has 0 aliphatic carbocycles. The van der Waals surface area contributed by atoms with Gasteiger partial charge in [-0.15, -0.1) is 11.3 Å². The molecule has 0 amide bonds. The van der Waals surface area contributed by atoms with E-state index in [9.17, 15) is 0 Å². The van der Waals surface area contributed by atoms with Crippen LogP contribution in [0.4, 0.5) is 5.82 Å². The van der Waals surface area contributed by atoms with Crippen molar-refractivity contribution in [2.24, 2.45) is 0 Å². The van der Waals surface area contributed by atoms with Gasteiger partial charge in [0.05, 0.1) is 6.04 Å². The van der Waals surface area contributed by atoms with Gasteiger partial charge in [0.1, 0.15) is 10.8 Å². The van der Waals surface area contributed by atoms with E-state index in [4.69, 9.17) is 11.6 Å². The van der Waals surface area contributed by atoms with Gasteiger partial charge in [-0.3, -0.25) is 0 Å². The maximum absolute atomic E-state index is 5.73. The highest BCUT2D eigenvalue weighted by Gasteiger charge is 2.10. The van der Waals surface area contributed by atoms with Crippen LogP contribution in [-0.2, 0) is 6.42 Å². The van der Waals surface area contributed by atoms with E-state index in [0.29, 0.717) is 5.82 Å². The minimum atomic E-state index is 0.117. The fraction of sp³-hybridized carbons (Fsp3) is 0.364. The summed E-state index contributed by atoms with van der Waals surface area (Å²) in [4.78, 5) is 13.6. The van der Waals surface area contributed by atoms with Crippen molar-refractivity contribution in [2.45, 2.75) is 26.3 Å². The van der Waals surface area contributed by atoms with Gasteiger partial charge in [0, 0.05) is 17.3 Å². The van der Waals surface area contributed by atoms with Crippen molar-refractivity contribution in [1.29, 1.82) is 0 Å². The Labute approximate surface area is 109 Å².